The van der Waals surface area contributed by atoms with Crippen molar-refractivity contribution < 1.29 is 8.42 Å². The highest BCUT2D eigenvalue weighted by Gasteiger charge is 2.21. The molecule has 0 spiro atoms. The first kappa shape index (κ1) is 14.2. The Labute approximate surface area is 103 Å². The topological polar surface area (TPSA) is 54.3 Å². The van der Waals surface area contributed by atoms with Crippen molar-refractivity contribution in [2.45, 2.75) is 31.8 Å². The van der Waals surface area contributed by atoms with Crippen molar-refractivity contribution in [3.05, 3.63) is 18.0 Å². The van der Waals surface area contributed by atoms with Crippen molar-refractivity contribution in [1.82, 2.24) is 14.2 Å². The van der Waals surface area contributed by atoms with Gasteiger partial charge in [-0.3, -0.25) is 0 Å². The molecule has 0 aliphatic rings. The van der Waals surface area contributed by atoms with Crippen LogP contribution in [-0.4, -0.2) is 37.9 Å². The fraction of sp³-hybridized carbons (Fsp3) is 0.636. The molecule has 6 heteroatoms. The molecule has 0 aromatic carbocycles. The minimum absolute atomic E-state index is 0.369. The highest BCUT2D eigenvalue weighted by Crippen LogP contribution is 2.18. The molecule has 0 bridgehead atoms. The van der Waals surface area contributed by atoms with Crippen LogP contribution in [0.4, 0.5) is 0 Å². The lowest BCUT2D eigenvalue weighted by atomic mass is 10.4. The molecule has 1 N–H and O–H groups in total. The van der Waals surface area contributed by atoms with E-state index in [1.54, 1.807) is 19.3 Å². The quantitative estimate of drug-likeness (QED) is 0.824. The first-order valence-electron chi connectivity index (χ1n) is 5.77. The average molecular weight is 259 g/mol. The number of nitrogens with one attached hydrogen (secondary N) is 1. The molecule has 0 saturated carbocycles. The average Bonchev–Trinajstić information content (AvgIpc) is 2.72. The number of hydrogen-bond donors (Lipinski definition) is 1. The van der Waals surface area contributed by atoms with Crippen LogP contribution in [0.3, 0.4) is 0 Å². The molecule has 98 valence electrons. The lowest BCUT2D eigenvalue weighted by molar-refractivity contribution is 0.486. The molecular formula is C11H21N3O2S. The maximum atomic E-state index is 12.1. The van der Waals surface area contributed by atoms with E-state index >= 15 is 0 Å². The van der Waals surface area contributed by atoms with Crippen LogP contribution in [-0.2, 0) is 23.1 Å². The van der Waals surface area contributed by atoms with Crippen LogP contribution in [0.1, 0.15) is 19.5 Å². The summed E-state index contributed by atoms with van der Waals surface area (Å²) in [5, 5.41) is 3.04. The molecule has 0 saturated heterocycles. The smallest absolute Gasteiger partial charge is 0.244 e. The van der Waals surface area contributed by atoms with Crippen LogP contribution in [0.2, 0.25) is 0 Å². The normalized spacial score (nSPS) is 12.3. The van der Waals surface area contributed by atoms with E-state index in [2.05, 4.69) is 5.32 Å². The summed E-state index contributed by atoms with van der Waals surface area (Å²) in [4.78, 5) is 0.369. The van der Waals surface area contributed by atoms with E-state index < -0.39 is 10.0 Å². The number of aromatic nitrogens is 1. The Kier molecular flexibility index (Phi) is 4.73. The fourth-order valence-corrected chi connectivity index (χ4v) is 2.89. The fourth-order valence-electron chi connectivity index (χ4n) is 1.64. The Morgan fingerprint density at radius 3 is 2.53 bits per heavy atom. The van der Waals surface area contributed by atoms with Gasteiger partial charge in [0.1, 0.15) is 4.90 Å². The largest absolute Gasteiger partial charge is 0.349 e. The van der Waals surface area contributed by atoms with Gasteiger partial charge in [0.25, 0.3) is 0 Å². The van der Waals surface area contributed by atoms with Gasteiger partial charge in [-0.1, -0.05) is 6.92 Å². The van der Waals surface area contributed by atoms with Gasteiger partial charge in [-0.2, -0.15) is 0 Å². The second kappa shape index (κ2) is 5.66. The van der Waals surface area contributed by atoms with E-state index in [1.165, 1.54) is 4.31 Å². The second-order valence-electron chi connectivity index (χ2n) is 3.90. The molecule has 1 heterocycles. The number of aryl methyl sites for hydroxylation is 1. The van der Waals surface area contributed by atoms with Gasteiger partial charge in [0.05, 0.1) is 0 Å². The third-order valence-electron chi connectivity index (χ3n) is 2.81. The number of rotatable bonds is 6. The summed E-state index contributed by atoms with van der Waals surface area (Å²) in [5.41, 5.74) is 0.984. The van der Waals surface area contributed by atoms with Crippen molar-refractivity contribution in [3.8, 4) is 0 Å². The van der Waals surface area contributed by atoms with Crippen LogP contribution in [0.25, 0.3) is 0 Å². The van der Waals surface area contributed by atoms with Crippen LogP contribution >= 0.6 is 0 Å². The summed E-state index contributed by atoms with van der Waals surface area (Å²) in [6.07, 6.45) is 1.70. The number of hydrogen-bond acceptors (Lipinski definition) is 3. The SMILES string of the molecule is CCN(C)S(=O)(=O)c1cc(CNC)n(CC)c1. The Morgan fingerprint density at radius 2 is 2.06 bits per heavy atom. The van der Waals surface area contributed by atoms with Crippen LogP contribution in [0.15, 0.2) is 17.2 Å². The van der Waals surface area contributed by atoms with E-state index in [0.717, 1.165) is 12.2 Å². The van der Waals surface area contributed by atoms with Crippen molar-refractivity contribution in [1.29, 1.82) is 0 Å². The summed E-state index contributed by atoms with van der Waals surface area (Å²) >= 11 is 0. The first-order valence-corrected chi connectivity index (χ1v) is 7.21. The molecule has 0 unspecified atom stereocenters. The van der Waals surface area contributed by atoms with Gasteiger partial charge in [0.2, 0.25) is 10.0 Å². The molecular weight excluding hydrogens is 238 g/mol. The second-order valence-corrected chi connectivity index (χ2v) is 5.95. The summed E-state index contributed by atoms with van der Waals surface area (Å²) < 4.78 is 27.6. The van der Waals surface area contributed by atoms with Gasteiger partial charge in [0, 0.05) is 38.6 Å². The Hall–Kier alpha value is -0.850. The molecule has 5 nitrogen and oxygen atoms in total. The monoisotopic (exact) mass is 259 g/mol. The third kappa shape index (κ3) is 2.88. The zero-order chi connectivity index (χ0) is 13.1. The third-order valence-corrected chi connectivity index (χ3v) is 4.71. The van der Waals surface area contributed by atoms with Gasteiger partial charge < -0.3 is 9.88 Å². The molecule has 0 atom stereocenters. The minimum atomic E-state index is -3.33. The number of sulfonamides is 1. The van der Waals surface area contributed by atoms with E-state index in [0.29, 0.717) is 18.0 Å². The molecule has 0 radical (unpaired) electrons. The van der Waals surface area contributed by atoms with Crippen molar-refractivity contribution in [2.24, 2.45) is 0 Å². The zero-order valence-electron chi connectivity index (χ0n) is 10.9. The predicted molar refractivity (Wildman–Crippen MR) is 68.4 cm³/mol. The lowest BCUT2D eigenvalue weighted by Crippen LogP contribution is -2.26. The van der Waals surface area contributed by atoms with Gasteiger partial charge in [-0.25, -0.2) is 12.7 Å². The van der Waals surface area contributed by atoms with Crippen molar-refractivity contribution >= 4 is 10.0 Å². The summed E-state index contributed by atoms with van der Waals surface area (Å²) in [6, 6.07) is 1.74. The highest BCUT2D eigenvalue weighted by atomic mass is 32.2. The Bertz CT molecular complexity index is 465. The summed E-state index contributed by atoms with van der Waals surface area (Å²) in [7, 11) is 0.106. The maximum Gasteiger partial charge on any atom is 0.244 e. The van der Waals surface area contributed by atoms with Crippen molar-refractivity contribution in [2.75, 3.05) is 20.6 Å². The maximum absolute atomic E-state index is 12.1. The highest BCUT2D eigenvalue weighted by molar-refractivity contribution is 7.89. The van der Waals surface area contributed by atoms with Gasteiger partial charge in [0.15, 0.2) is 0 Å². The van der Waals surface area contributed by atoms with Crippen LogP contribution in [0.5, 0.6) is 0 Å². The summed E-state index contributed by atoms with van der Waals surface area (Å²) in [6.45, 7) is 5.73. The van der Waals surface area contributed by atoms with E-state index in [1.807, 2.05) is 25.5 Å². The molecule has 1 rings (SSSR count). The van der Waals surface area contributed by atoms with Crippen molar-refractivity contribution in [3.63, 3.8) is 0 Å². The Balaban J connectivity index is 3.15. The molecule has 0 aliphatic heterocycles. The molecule has 1 aromatic rings. The van der Waals surface area contributed by atoms with Crippen LogP contribution < -0.4 is 5.32 Å². The molecule has 17 heavy (non-hydrogen) atoms. The van der Waals surface area contributed by atoms with Gasteiger partial charge >= 0.3 is 0 Å². The molecule has 0 aliphatic carbocycles. The minimum Gasteiger partial charge on any atom is -0.349 e. The zero-order valence-corrected chi connectivity index (χ0v) is 11.7. The van der Waals surface area contributed by atoms with Gasteiger partial charge in [-0.05, 0) is 20.0 Å². The number of nitrogens with zero attached hydrogens (tertiary/aromatic N) is 2. The predicted octanol–water partition coefficient (Wildman–Crippen LogP) is 0.868. The van der Waals surface area contributed by atoms with Crippen LogP contribution in [0, 0.1) is 0 Å². The molecule has 0 amide bonds. The first-order chi connectivity index (χ1) is 7.97. The van der Waals surface area contributed by atoms with E-state index in [9.17, 15) is 8.42 Å². The standard InChI is InChI=1S/C11H21N3O2S/c1-5-13(4)17(15,16)11-7-10(8-12-3)14(6-2)9-11/h7,9,12H,5-6,8H2,1-4H3. The van der Waals surface area contributed by atoms with E-state index in [-0.39, 0.29) is 0 Å². The molecule has 0 fully saturated rings. The molecule has 1 aromatic heterocycles. The van der Waals surface area contributed by atoms with E-state index in [4.69, 9.17) is 0 Å². The van der Waals surface area contributed by atoms with Gasteiger partial charge in [-0.15, -0.1) is 0 Å². The summed E-state index contributed by atoms with van der Waals surface area (Å²) in [5.74, 6) is 0. The lowest BCUT2D eigenvalue weighted by Gasteiger charge is -2.12. The Morgan fingerprint density at radius 1 is 1.41 bits per heavy atom.